The van der Waals surface area contributed by atoms with E-state index in [1.54, 1.807) is 34.6 Å². The van der Waals surface area contributed by atoms with Crippen LogP contribution in [0.2, 0.25) is 5.02 Å². The largest absolute Gasteiger partial charge is 0.338 e. The molecule has 3 heterocycles. The van der Waals surface area contributed by atoms with Crippen LogP contribution in [-0.2, 0) is 21.4 Å². The van der Waals surface area contributed by atoms with E-state index in [2.05, 4.69) is 20.4 Å². The van der Waals surface area contributed by atoms with Gasteiger partial charge >= 0.3 is 0 Å². The summed E-state index contributed by atoms with van der Waals surface area (Å²) in [4.78, 5) is 19.9. The van der Waals surface area contributed by atoms with Gasteiger partial charge in [0, 0.05) is 30.9 Å². The lowest BCUT2D eigenvalue weighted by Gasteiger charge is -2.30. The minimum Gasteiger partial charge on any atom is -0.338 e. The first kappa shape index (κ1) is 25.8. The van der Waals surface area contributed by atoms with E-state index in [0.29, 0.717) is 54.2 Å². The molecule has 11 heteroatoms. The summed E-state index contributed by atoms with van der Waals surface area (Å²) in [6, 6.07) is 13.8. The van der Waals surface area contributed by atoms with Gasteiger partial charge in [-0.2, -0.15) is 9.29 Å². The first-order valence-electron chi connectivity index (χ1n) is 12.6. The van der Waals surface area contributed by atoms with Crippen LogP contribution in [0.25, 0.3) is 11.4 Å². The van der Waals surface area contributed by atoms with Crippen LogP contribution in [0, 0.1) is 5.92 Å². The molecule has 1 aromatic heterocycles. The molecule has 0 aliphatic carbocycles. The molecule has 2 aliphatic rings. The Hall–Kier alpha value is -2.79. The zero-order chi connectivity index (χ0) is 25.8. The van der Waals surface area contributed by atoms with E-state index in [0.717, 1.165) is 38.6 Å². The highest BCUT2D eigenvalue weighted by atomic mass is 35.5. The number of aromatic nitrogens is 2. The number of hydrogen-bond donors (Lipinski definition) is 1. The molecule has 0 spiro atoms. The van der Waals surface area contributed by atoms with E-state index < -0.39 is 10.0 Å². The molecular weight excluding hydrogens is 514 g/mol. The van der Waals surface area contributed by atoms with E-state index >= 15 is 0 Å². The number of rotatable bonds is 7. The zero-order valence-electron chi connectivity index (χ0n) is 20.5. The highest BCUT2D eigenvalue weighted by Gasteiger charge is 2.28. The Morgan fingerprint density at radius 2 is 1.78 bits per heavy atom. The molecule has 1 amide bonds. The Balaban J connectivity index is 1.17. The third-order valence-electron chi connectivity index (χ3n) is 6.89. The van der Waals surface area contributed by atoms with E-state index in [9.17, 15) is 13.2 Å². The van der Waals surface area contributed by atoms with Gasteiger partial charge in [-0.05, 0) is 68.6 Å². The Labute approximate surface area is 221 Å². The molecule has 0 bridgehead atoms. The quantitative estimate of drug-likeness (QED) is 0.470. The van der Waals surface area contributed by atoms with E-state index in [4.69, 9.17) is 16.1 Å². The number of carbonyl (C=O) groups excluding carboxylic acids is 1. The summed E-state index contributed by atoms with van der Waals surface area (Å²) in [5.41, 5.74) is 1.30. The average molecular weight is 544 g/mol. The van der Waals surface area contributed by atoms with Gasteiger partial charge in [0.25, 0.3) is 0 Å². The van der Waals surface area contributed by atoms with Crippen molar-refractivity contribution in [2.75, 3.05) is 31.5 Å². The van der Waals surface area contributed by atoms with Gasteiger partial charge in [0.1, 0.15) is 0 Å². The van der Waals surface area contributed by atoms with Crippen LogP contribution in [0.3, 0.4) is 0 Å². The lowest BCUT2D eigenvalue weighted by atomic mass is 9.97. The molecule has 2 saturated heterocycles. The summed E-state index contributed by atoms with van der Waals surface area (Å²) < 4.78 is 32.7. The molecule has 2 aromatic carbocycles. The van der Waals surface area contributed by atoms with Gasteiger partial charge in [0.15, 0.2) is 0 Å². The number of amides is 1. The maximum atomic E-state index is 13.0. The molecular formula is C26H30ClN5O4S. The van der Waals surface area contributed by atoms with Crippen LogP contribution in [0.4, 0.5) is 5.69 Å². The Morgan fingerprint density at radius 3 is 2.54 bits per heavy atom. The molecule has 1 N–H and O–H groups in total. The van der Waals surface area contributed by atoms with Crippen molar-refractivity contribution < 1.29 is 17.7 Å². The summed E-state index contributed by atoms with van der Waals surface area (Å²) >= 11 is 6.24. The number of halogens is 1. The van der Waals surface area contributed by atoms with Crippen molar-refractivity contribution in [3.05, 3.63) is 59.4 Å². The van der Waals surface area contributed by atoms with Gasteiger partial charge in [-0.1, -0.05) is 35.3 Å². The predicted octanol–water partition coefficient (Wildman–Crippen LogP) is 4.42. The monoisotopic (exact) mass is 543 g/mol. The normalized spacial score (nSPS) is 19.5. The molecule has 0 radical (unpaired) electrons. The minimum atomic E-state index is -3.50. The molecule has 3 aromatic rings. The Morgan fingerprint density at radius 1 is 1.03 bits per heavy atom. The van der Waals surface area contributed by atoms with E-state index in [1.807, 2.05) is 18.2 Å². The Kier molecular flexibility index (Phi) is 7.89. The van der Waals surface area contributed by atoms with E-state index in [-0.39, 0.29) is 16.7 Å². The van der Waals surface area contributed by atoms with Crippen molar-refractivity contribution >= 4 is 33.2 Å². The van der Waals surface area contributed by atoms with Crippen LogP contribution in [0.15, 0.2) is 57.9 Å². The molecule has 5 rings (SSSR count). The first-order chi connectivity index (χ1) is 17.9. The lowest BCUT2D eigenvalue weighted by molar-refractivity contribution is -0.121. The molecule has 9 nitrogen and oxygen atoms in total. The van der Waals surface area contributed by atoms with Gasteiger partial charge in [-0.25, -0.2) is 8.42 Å². The van der Waals surface area contributed by atoms with Crippen molar-refractivity contribution in [2.45, 2.75) is 43.5 Å². The second kappa shape index (κ2) is 11.3. The van der Waals surface area contributed by atoms with Gasteiger partial charge in [-0.15, -0.1) is 0 Å². The summed E-state index contributed by atoms with van der Waals surface area (Å²) in [5, 5.41) is 7.56. The van der Waals surface area contributed by atoms with Gasteiger partial charge in [-0.3, -0.25) is 9.69 Å². The number of hydrogen-bond acceptors (Lipinski definition) is 7. The third-order valence-corrected chi connectivity index (χ3v) is 9.14. The van der Waals surface area contributed by atoms with Crippen LogP contribution in [0.1, 0.15) is 38.0 Å². The Bertz CT molecular complexity index is 1340. The molecule has 2 aliphatic heterocycles. The first-order valence-corrected chi connectivity index (χ1v) is 14.4. The van der Waals surface area contributed by atoms with Crippen molar-refractivity contribution in [1.29, 1.82) is 0 Å². The van der Waals surface area contributed by atoms with Crippen LogP contribution >= 0.6 is 11.6 Å². The fourth-order valence-electron chi connectivity index (χ4n) is 4.88. The minimum absolute atomic E-state index is 0.0846. The van der Waals surface area contributed by atoms with E-state index in [1.165, 1.54) is 0 Å². The molecule has 2 fully saturated rings. The van der Waals surface area contributed by atoms with Crippen LogP contribution < -0.4 is 5.32 Å². The maximum Gasteiger partial charge on any atom is 0.243 e. The number of carbonyl (C=O) groups is 1. The highest BCUT2D eigenvalue weighted by Crippen LogP contribution is 2.26. The number of nitrogens with one attached hydrogen (secondary N) is 1. The summed E-state index contributed by atoms with van der Waals surface area (Å²) in [5.74, 6) is 0.634. The van der Waals surface area contributed by atoms with Crippen molar-refractivity contribution in [3.63, 3.8) is 0 Å². The van der Waals surface area contributed by atoms with Crippen molar-refractivity contribution in [3.8, 4) is 11.4 Å². The molecule has 0 saturated carbocycles. The maximum absolute atomic E-state index is 13.0. The molecule has 1 unspecified atom stereocenters. The van der Waals surface area contributed by atoms with Gasteiger partial charge in [0.2, 0.25) is 27.6 Å². The SMILES string of the molecule is O=C(Nc1ccc(S(=O)(=O)N2CCCCC2)cc1)C1CCCN(Cc2nc(-c3ccccc3Cl)no2)C1. The molecule has 1 atom stereocenters. The lowest BCUT2D eigenvalue weighted by Crippen LogP contribution is -2.40. The fourth-order valence-corrected chi connectivity index (χ4v) is 6.62. The topological polar surface area (TPSA) is 109 Å². The number of anilines is 1. The van der Waals surface area contributed by atoms with Gasteiger partial charge < -0.3 is 9.84 Å². The third kappa shape index (κ3) is 6.04. The second-order valence-electron chi connectivity index (χ2n) is 9.54. The van der Waals surface area contributed by atoms with Crippen LogP contribution in [0.5, 0.6) is 0 Å². The average Bonchev–Trinajstić information content (AvgIpc) is 3.38. The van der Waals surface area contributed by atoms with Gasteiger partial charge in [0.05, 0.1) is 22.4 Å². The second-order valence-corrected chi connectivity index (χ2v) is 11.9. The molecule has 37 heavy (non-hydrogen) atoms. The zero-order valence-corrected chi connectivity index (χ0v) is 22.0. The van der Waals surface area contributed by atoms with Crippen LogP contribution in [-0.4, -0.2) is 59.8 Å². The predicted molar refractivity (Wildman–Crippen MR) is 140 cm³/mol. The van der Waals surface area contributed by atoms with Crippen molar-refractivity contribution in [1.82, 2.24) is 19.3 Å². The summed E-state index contributed by atoms with van der Waals surface area (Å²) in [6.45, 7) is 2.96. The standard InChI is InChI=1S/C26H30ClN5O4S/c27-23-9-3-2-8-22(23)25-29-24(36-30-25)18-31-14-6-7-19(17-31)26(33)28-20-10-12-21(13-11-20)37(34,35)32-15-4-1-5-16-32/h2-3,8-13,19H,1,4-7,14-18H2,(H,28,33). The summed E-state index contributed by atoms with van der Waals surface area (Å²) in [7, 11) is -3.50. The summed E-state index contributed by atoms with van der Waals surface area (Å²) in [6.07, 6.45) is 4.49. The number of piperidine rings is 2. The number of benzene rings is 2. The van der Waals surface area contributed by atoms with Crippen molar-refractivity contribution in [2.24, 2.45) is 5.92 Å². The smallest absolute Gasteiger partial charge is 0.243 e. The number of sulfonamides is 1. The number of nitrogens with zero attached hydrogens (tertiary/aromatic N) is 4. The number of likely N-dealkylation sites (tertiary alicyclic amines) is 1. The fraction of sp³-hybridized carbons (Fsp3) is 0.423. The highest BCUT2D eigenvalue weighted by molar-refractivity contribution is 7.89. The molecule has 196 valence electrons.